The van der Waals surface area contributed by atoms with Gasteiger partial charge in [-0.1, -0.05) is 39.3 Å². The van der Waals surface area contributed by atoms with E-state index in [0.717, 1.165) is 0 Å². The molecule has 0 aliphatic rings. The molecule has 0 fully saturated rings. The van der Waals surface area contributed by atoms with E-state index >= 15 is 0 Å². The number of hydrogen-bond donors (Lipinski definition) is 1. The molecule has 0 amide bonds. The molecule has 18 heavy (non-hydrogen) atoms. The molecular formula is C11H17ClN4O2. The van der Waals surface area contributed by atoms with E-state index in [1.165, 1.54) is 0 Å². The minimum absolute atomic E-state index is 0.0582. The molecule has 0 saturated heterocycles. The highest BCUT2D eigenvalue weighted by molar-refractivity contribution is 6.31. The van der Waals surface area contributed by atoms with Gasteiger partial charge >= 0.3 is 5.69 Å². The quantitative estimate of drug-likeness (QED) is 0.506. The summed E-state index contributed by atoms with van der Waals surface area (Å²) in [4.78, 5) is 18.5. The Hall–Kier alpha value is -1.43. The maximum absolute atomic E-state index is 11.0. The van der Waals surface area contributed by atoms with Gasteiger partial charge in [-0.05, 0) is 5.92 Å². The summed E-state index contributed by atoms with van der Waals surface area (Å²) >= 11 is 5.86. The van der Waals surface area contributed by atoms with Crippen molar-refractivity contribution in [3.8, 4) is 0 Å². The molecule has 0 spiro atoms. The highest BCUT2D eigenvalue weighted by atomic mass is 35.5. The number of hydrogen-bond acceptors (Lipinski definition) is 5. The summed E-state index contributed by atoms with van der Waals surface area (Å²) in [5.74, 6) is 1.10. The molecule has 0 saturated carbocycles. The Kier molecular flexibility index (Phi) is 4.84. The summed E-state index contributed by atoms with van der Waals surface area (Å²) < 4.78 is 0. The Morgan fingerprint density at radius 1 is 1.33 bits per heavy atom. The molecule has 7 heteroatoms. The van der Waals surface area contributed by atoms with E-state index in [0.29, 0.717) is 18.3 Å². The van der Waals surface area contributed by atoms with E-state index in [1.54, 1.807) is 0 Å². The van der Waals surface area contributed by atoms with E-state index in [1.807, 2.05) is 27.7 Å². The number of nitrogens with one attached hydrogen (secondary N) is 1. The van der Waals surface area contributed by atoms with E-state index in [9.17, 15) is 10.1 Å². The summed E-state index contributed by atoms with van der Waals surface area (Å²) in [6, 6.07) is 0. The lowest BCUT2D eigenvalue weighted by Gasteiger charge is -2.11. The third kappa shape index (κ3) is 3.53. The Bertz CT molecular complexity index is 449. The van der Waals surface area contributed by atoms with Crippen LogP contribution < -0.4 is 5.32 Å². The van der Waals surface area contributed by atoms with Crippen molar-refractivity contribution in [1.29, 1.82) is 0 Å². The third-order valence-electron chi connectivity index (χ3n) is 2.24. The first kappa shape index (κ1) is 14.6. The van der Waals surface area contributed by atoms with Gasteiger partial charge in [0.05, 0.1) is 4.92 Å². The van der Waals surface area contributed by atoms with Crippen LogP contribution in [-0.2, 0) is 0 Å². The standard InChI is InChI=1S/C11H17ClN4O2/c1-6(2)5-13-11-8(16(17)18)9(12)14-10(15-11)7(3)4/h6-7H,5H2,1-4H3,(H,13,14,15). The van der Waals surface area contributed by atoms with Crippen LogP contribution in [0.2, 0.25) is 5.15 Å². The van der Waals surface area contributed by atoms with Gasteiger partial charge in [0.15, 0.2) is 0 Å². The van der Waals surface area contributed by atoms with Crippen LogP contribution in [0.25, 0.3) is 0 Å². The third-order valence-corrected chi connectivity index (χ3v) is 2.50. The number of halogens is 1. The van der Waals surface area contributed by atoms with E-state index in [-0.39, 0.29) is 22.6 Å². The molecule has 1 heterocycles. The lowest BCUT2D eigenvalue weighted by molar-refractivity contribution is -0.384. The highest BCUT2D eigenvalue weighted by Crippen LogP contribution is 2.31. The minimum atomic E-state index is -0.560. The lowest BCUT2D eigenvalue weighted by atomic mass is 10.2. The molecule has 0 aliphatic carbocycles. The first-order valence-electron chi connectivity index (χ1n) is 5.78. The van der Waals surface area contributed by atoms with Crippen molar-refractivity contribution in [2.45, 2.75) is 33.6 Å². The van der Waals surface area contributed by atoms with Crippen LogP contribution in [0.4, 0.5) is 11.5 Å². The summed E-state index contributed by atoms with van der Waals surface area (Å²) in [7, 11) is 0. The second-order valence-corrected chi connectivity index (χ2v) is 5.11. The zero-order chi connectivity index (χ0) is 13.9. The summed E-state index contributed by atoms with van der Waals surface area (Å²) in [6.45, 7) is 8.41. The van der Waals surface area contributed by atoms with Gasteiger partial charge in [-0.25, -0.2) is 9.97 Å². The molecule has 0 unspecified atom stereocenters. The lowest BCUT2D eigenvalue weighted by Crippen LogP contribution is -2.13. The van der Waals surface area contributed by atoms with Crippen molar-refractivity contribution >= 4 is 23.1 Å². The number of anilines is 1. The van der Waals surface area contributed by atoms with Crippen molar-refractivity contribution in [2.75, 3.05) is 11.9 Å². The molecule has 1 N–H and O–H groups in total. The number of nitro groups is 1. The molecule has 6 nitrogen and oxygen atoms in total. The van der Waals surface area contributed by atoms with Crippen LogP contribution in [0.1, 0.15) is 39.4 Å². The average molecular weight is 273 g/mol. The first-order valence-corrected chi connectivity index (χ1v) is 6.16. The zero-order valence-corrected chi connectivity index (χ0v) is 11.7. The Labute approximate surface area is 111 Å². The molecule has 1 rings (SSSR count). The minimum Gasteiger partial charge on any atom is -0.364 e. The molecular weight excluding hydrogens is 256 g/mol. The van der Waals surface area contributed by atoms with Gasteiger partial charge in [-0.2, -0.15) is 0 Å². The SMILES string of the molecule is CC(C)CNc1nc(C(C)C)nc(Cl)c1[N+](=O)[O-]. The normalized spacial score (nSPS) is 11.1. The number of aromatic nitrogens is 2. The summed E-state index contributed by atoms with van der Waals surface area (Å²) in [6.07, 6.45) is 0. The Balaban J connectivity index is 3.20. The molecule has 0 radical (unpaired) electrons. The predicted molar refractivity (Wildman–Crippen MR) is 71.1 cm³/mol. The van der Waals surface area contributed by atoms with Crippen LogP contribution in [-0.4, -0.2) is 21.4 Å². The van der Waals surface area contributed by atoms with Gasteiger partial charge in [0.25, 0.3) is 0 Å². The van der Waals surface area contributed by atoms with Crippen LogP contribution in [0.15, 0.2) is 0 Å². The first-order chi connectivity index (χ1) is 8.32. The fourth-order valence-electron chi connectivity index (χ4n) is 1.29. The van der Waals surface area contributed by atoms with Crippen LogP contribution >= 0.6 is 11.6 Å². The average Bonchev–Trinajstić information content (AvgIpc) is 2.24. The van der Waals surface area contributed by atoms with Crippen LogP contribution in [0, 0.1) is 16.0 Å². The number of rotatable bonds is 5. The molecule has 0 atom stereocenters. The van der Waals surface area contributed by atoms with Gasteiger partial charge in [0, 0.05) is 12.5 Å². The molecule has 0 bridgehead atoms. The molecule has 1 aromatic heterocycles. The zero-order valence-electron chi connectivity index (χ0n) is 10.9. The van der Waals surface area contributed by atoms with E-state index in [4.69, 9.17) is 11.6 Å². The number of nitrogens with zero attached hydrogens (tertiary/aromatic N) is 3. The Morgan fingerprint density at radius 2 is 1.94 bits per heavy atom. The topological polar surface area (TPSA) is 81.0 Å². The van der Waals surface area contributed by atoms with Crippen molar-refractivity contribution in [2.24, 2.45) is 5.92 Å². The van der Waals surface area contributed by atoms with E-state index in [2.05, 4.69) is 15.3 Å². The summed E-state index contributed by atoms with van der Waals surface area (Å²) in [5, 5.41) is 13.8. The maximum Gasteiger partial charge on any atom is 0.348 e. The van der Waals surface area contributed by atoms with Gasteiger partial charge in [0.2, 0.25) is 11.0 Å². The molecule has 100 valence electrons. The van der Waals surface area contributed by atoms with E-state index < -0.39 is 4.92 Å². The van der Waals surface area contributed by atoms with Crippen LogP contribution in [0.5, 0.6) is 0 Å². The second-order valence-electron chi connectivity index (χ2n) is 4.76. The second kappa shape index (κ2) is 5.95. The predicted octanol–water partition coefficient (Wildman–Crippen LogP) is 3.23. The fraction of sp³-hybridized carbons (Fsp3) is 0.636. The molecule has 0 aliphatic heterocycles. The smallest absolute Gasteiger partial charge is 0.348 e. The van der Waals surface area contributed by atoms with Crippen LogP contribution in [0.3, 0.4) is 0 Å². The van der Waals surface area contributed by atoms with Crippen molar-refractivity contribution in [1.82, 2.24) is 9.97 Å². The Morgan fingerprint density at radius 3 is 2.39 bits per heavy atom. The van der Waals surface area contributed by atoms with Crippen molar-refractivity contribution in [3.63, 3.8) is 0 Å². The molecule has 0 aromatic carbocycles. The maximum atomic E-state index is 11.0. The monoisotopic (exact) mass is 272 g/mol. The van der Waals surface area contributed by atoms with Gasteiger partial charge < -0.3 is 5.32 Å². The highest BCUT2D eigenvalue weighted by Gasteiger charge is 2.24. The van der Waals surface area contributed by atoms with Crippen molar-refractivity contribution in [3.05, 3.63) is 21.1 Å². The molecule has 1 aromatic rings. The fourth-order valence-corrected chi connectivity index (χ4v) is 1.53. The van der Waals surface area contributed by atoms with Gasteiger partial charge in [-0.15, -0.1) is 0 Å². The van der Waals surface area contributed by atoms with Gasteiger partial charge in [0.1, 0.15) is 5.82 Å². The largest absolute Gasteiger partial charge is 0.364 e. The van der Waals surface area contributed by atoms with Gasteiger partial charge in [-0.3, -0.25) is 10.1 Å². The van der Waals surface area contributed by atoms with Crippen molar-refractivity contribution < 1.29 is 4.92 Å². The summed E-state index contributed by atoms with van der Waals surface area (Å²) in [5.41, 5.74) is -0.262.